The first-order chi connectivity index (χ1) is 13.1. The molecule has 1 heterocycles. The molecule has 6 nitrogen and oxygen atoms in total. The lowest BCUT2D eigenvalue weighted by Crippen LogP contribution is -2.39. The number of hydrogen-bond acceptors (Lipinski definition) is 3. The molecule has 1 amide bonds. The molecule has 7 heteroatoms. The van der Waals surface area contributed by atoms with E-state index in [1.807, 2.05) is 18.2 Å². The van der Waals surface area contributed by atoms with E-state index in [0.29, 0.717) is 5.56 Å². The second-order valence-electron chi connectivity index (χ2n) is 7.24. The van der Waals surface area contributed by atoms with Gasteiger partial charge in [-0.3, -0.25) is 9.79 Å². The summed E-state index contributed by atoms with van der Waals surface area (Å²) in [4.78, 5) is 19.0. The molecule has 1 saturated heterocycles. The monoisotopic (exact) mass is 501 g/mol. The van der Waals surface area contributed by atoms with Crippen molar-refractivity contribution in [3.63, 3.8) is 0 Å². The number of nitrogens with zero attached hydrogens (tertiary/aromatic N) is 2. The normalized spacial score (nSPS) is 15.6. The number of carbonyl (C=O) groups is 1. The molecule has 1 aromatic carbocycles. The van der Waals surface area contributed by atoms with Crippen molar-refractivity contribution in [3.8, 4) is 0 Å². The molecular weight excluding hydrogens is 465 g/mol. The van der Waals surface area contributed by atoms with Crippen molar-refractivity contribution in [3.05, 3.63) is 35.4 Å². The van der Waals surface area contributed by atoms with Crippen LogP contribution in [0.15, 0.2) is 29.3 Å². The van der Waals surface area contributed by atoms with Crippen LogP contribution < -0.4 is 16.0 Å². The smallest absolute Gasteiger partial charge is 0.251 e. The van der Waals surface area contributed by atoms with Crippen LogP contribution in [-0.4, -0.2) is 63.1 Å². The van der Waals surface area contributed by atoms with Gasteiger partial charge >= 0.3 is 0 Å². The van der Waals surface area contributed by atoms with E-state index >= 15 is 0 Å². The summed E-state index contributed by atoms with van der Waals surface area (Å²) in [7, 11) is 1.65. The predicted octanol–water partition coefficient (Wildman–Crippen LogP) is 2.49. The Morgan fingerprint density at radius 3 is 2.68 bits per heavy atom. The number of rotatable bonds is 8. The Balaban J connectivity index is 0.00000392. The highest BCUT2D eigenvalue weighted by Crippen LogP contribution is 2.15. The molecule has 158 valence electrons. The molecule has 0 aliphatic carbocycles. The SMILES string of the molecule is CCNC(=NCCN1CCC(C)CC1)NCCc1cccc(C(=O)NC)c1.I. The number of guanidine groups is 1. The standard InChI is InChI=1S/C21H35N5O.HI/c1-4-23-21(25-12-15-26-13-9-17(2)10-14-26)24-11-8-18-6-5-7-19(16-18)20(27)22-3;/h5-7,16-17H,4,8-15H2,1-3H3,(H,22,27)(H2,23,24,25);1H. The van der Waals surface area contributed by atoms with Crippen molar-refractivity contribution >= 4 is 35.8 Å². The largest absolute Gasteiger partial charge is 0.357 e. The number of likely N-dealkylation sites (tertiary alicyclic amines) is 1. The van der Waals surface area contributed by atoms with Crippen molar-refractivity contribution in [2.45, 2.75) is 33.1 Å². The number of carbonyl (C=O) groups excluding carboxylic acids is 1. The minimum absolute atomic E-state index is 0. The summed E-state index contributed by atoms with van der Waals surface area (Å²) in [5.41, 5.74) is 1.84. The van der Waals surface area contributed by atoms with Crippen molar-refractivity contribution in [1.29, 1.82) is 0 Å². The van der Waals surface area contributed by atoms with Crippen LogP contribution >= 0.6 is 24.0 Å². The fourth-order valence-corrected chi connectivity index (χ4v) is 3.27. The van der Waals surface area contributed by atoms with E-state index in [4.69, 9.17) is 4.99 Å². The Labute approximate surface area is 187 Å². The van der Waals surface area contributed by atoms with E-state index < -0.39 is 0 Å². The Morgan fingerprint density at radius 2 is 2.00 bits per heavy atom. The second kappa shape index (κ2) is 13.8. The Bertz CT molecular complexity index is 615. The van der Waals surface area contributed by atoms with Gasteiger partial charge in [-0.2, -0.15) is 0 Å². The van der Waals surface area contributed by atoms with Gasteiger partial charge in [0.05, 0.1) is 6.54 Å². The number of piperidine rings is 1. The molecule has 1 aliphatic heterocycles. The number of nitrogens with one attached hydrogen (secondary N) is 3. The average molecular weight is 501 g/mol. The summed E-state index contributed by atoms with van der Waals surface area (Å²) >= 11 is 0. The summed E-state index contributed by atoms with van der Waals surface area (Å²) in [6, 6.07) is 7.76. The second-order valence-corrected chi connectivity index (χ2v) is 7.24. The first-order valence-electron chi connectivity index (χ1n) is 10.2. The zero-order chi connectivity index (χ0) is 19.5. The number of aliphatic imine (C=N–C) groups is 1. The van der Waals surface area contributed by atoms with Gasteiger partial charge < -0.3 is 20.9 Å². The van der Waals surface area contributed by atoms with E-state index in [1.54, 1.807) is 7.05 Å². The average Bonchev–Trinajstić information content (AvgIpc) is 2.69. The van der Waals surface area contributed by atoms with Crippen LogP contribution in [0.5, 0.6) is 0 Å². The molecule has 1 aliphatic rings. The summed E-state index contributed by atoms with van der Waals surface area (Å²) < 4.78 is 0. The third-order valence-electron chi connectivity index (χ3n) is 5.03. The van der Waals surface area contributed by atoms with Crippen LogP contribution in [-0.2, 0) is 6.42 Å². The Kier molecular flexibility index (Phi) is 12.1. The first kappa shape index (κ1) is 24.7. The van der Waals surface area contributed by atoms with Crippen LogP contribution in [0.3, 0.4) is 0 Å². The third kappa shape index (κ3) is 8.77. The van der Waals surface area contributed by atoms with E-state index in [2.05, 4.69) is 40.8 Å². The maximum absolute atomic E-state index is 11.7. The van der Waals surface area contributed by atoms with E-state index in [9.17, 15) is 4.79 Å². The highest BCUT2D eigenvalue weighted by atomic mass is 127. The fourth-order valence-electron chi connectivity index (χ4n) is 3.27. The maximum Gasteiger partial charge on any atom is 0.251 e. The van der Waals surface area contributed by atoms with Gasteiger partial charge in [0.15, 0.2) is 5.96 Å². The molecule has 0 aromatic heterocycles. The Hall–Kier alpha value is -1.35. The molecule has 0 bridgehead atoms. The molecule has 1 fully saturated rings. The third-order valence-corrected chi connectivity index (χ3v) is 5.03. The Morgan fingerprint density at radius 1 is 1.25 bits per heavy atom. The molecule has 0 atom stereocenters. The zero-order valence-corrected chi connectivity index (χ0v) is 19.8. The summed E-state index contributed by atoms with van der Waals surface area (Å²) in [6.45, 7) is 10.3. The van der Waals surface area contributed by atoms with Crippen molar-refractivity contribution in [2.24, 2.45) is 10.9 Å². The molecule has 1 aromatic rings. The molecule has 3 N–H and O–H groups in total. The van der Waals surface area contributed by atoms with Crippen LogP contribution in [0.4, 0.5) is 0 Å². The molecular formula is C21H36IN5O. The van der Waals surface area contributed by atoms with Gasteiger partial charge in [-0.1, -0.05) is 19.1 Å². The van der Waals surface area contributed by atoms with Gasteiger partial charge in [-0.15, -0.1) is 24.0 Å². The van der Waals surface area contributed by atoms with Gasteiger partial charge in [0.25, 0.3) is 5.91 Å². The van der Waals surface area contributed by atoms with Gasteiger partial charge in [-0.25, -0.2) is 0 Å². The lowest BCUT2D eigenvalue weighted by atomic mass is 9.99. The van der Waals surface area contributed by atoms with Crippen LogP contribution in [0.2, 0.25) is 0 Å². The molecule has 0 unspecified atom stereocenters. The zero-order valence-electron chi connectivity index (χ0n) is 17.5. The van der Waals surface area contributed by atoms with Gasteiger partial charge in [0.2, 0.25) is 0 Å². The minimum atomic E-state index is -0.0492. The lowest BCUT2D eigenvalue weighted by Gasteiger charge is -2.29. The topological polar surface area (TPSA) is 68.8 Å². The van der Waals surface area contributed by atoms with Crippen molar-refractivity contribution in [2.75, 3.05) is 46.3 Å². The molecule has 0 radical (unpaired) electrons. The highest BCUT2D eigenvalue weighted by Gasteiger charge is 2.14. The number of halogens is 1. The van der Waals surface area contributed by atoms with Crippen molar-refractivity contribution in [1.82, 2.24) is 20.9 Å². The predicted molar refractivity (Wildman–Crippen MR) is 128 cm³/mol. The van der Waals surface area contributed by atoms with Crippen molar-refractivity contribution < 1.29 is 4.79 Å². The highest BCUT2D eigenvalue weighted by molar-refractivity contribution is 14.0. The lowest BCUT2D eigenvalue weighted by molar-refractivity contribution is 0.0963. The van der Waals surface area contributed by atoms with E-state index in [1.165, 1.54) is 25.9 Å². The maximum atomic E-state index is 11.7. The van der Waals surface area contributed by atoms with Gasteiger partial charge in [-0.05, 0) is 62.9 Å². The molecule has 0 saturated carbocycles. The molecule has 0 spiro atoms. The summed E-state index contributed by atoms with van der Waals surface area (Å²) in [6.07, 6.45) is 3.45. The van der Waals surface area contributed by atoms with Gasteiger partial charge in [0.1, 0.15) is 0 Å². The number of amides is 1. The quantitative estimate of drug-likeness (QED) is 0.291. The number of benzene rings is 1. The molecule has 2 rings (SSSR count). The van der Waals surface area contributed by atoms with E-state index in [-0.39, 0.29) is 29.9 Å². The fraction of sp³-hybridized carbons (Fsp3) is 0.619. The molecule has 28 heavy (non-hydrogen) atoms. The number of hydrogen-bond donors (Lipinski definition) is 3. The van der Waals surface area contributed by atoms with Gasteiger partial charge in [0, 0.05) is 32.2 Å². The van der Waals surface area contributed by atoms with Crippen LogP contribution in [0.1, 0.15) is 42.6 Å². The van der Waals surface area contributed by atoms with Crippen LogP contribution in [0, 0.1) is 5.92 Å². The summed E-state index contributed by atoms with van der Waals surface area (Å²) in [5, 5.41) is 9.37. The first-order valence-corrected chi connectivity index (χ1v) is 10.2. The van der Waals surface area contributed by atoms with E-state index in [0.717, 1.165) is 50.0 Å². The minimum Gasteiger partial charge on any atom is -0.357 e. The van der Waals surface area contributed by atoms with Crippen LogP contribution in [0.25, 0.3) is 0 Å². The summed E-state index contributed by atoms with van der Waals surface area (Å²) in [5.74, 6) is 1.68.